The van der Waals surface area contributed by atoms with Crippen molar-refractivity contribution in [1.29, 1.82) is 0 Å². The molecular formula is C25H22N4O. The molecule has 30 heavy (non-hydrogen) atoms. The van der Waals surface area contributed by atoms with Gasteiger partial charge in [-0.3, -0.25) is 4.79 Å². The highest BCUT2D eigenvalue weighted by molar-refractivity contribution is 6.14. The Morgan fingerprint density at radius 3 is 2.57 bits per heavy atom. The molecule has 5 aromatic rings. The molecule has 0 atom stereocenters. The zero-order valence-corrected chi connectivity index (χ0v) is 17.0. The smallest absolute Gasteiger partial charge is 0.195 e. The number of para-hydroxylation sites is 1. The number of benzene rings is 2. The van der Waals surface area contributed by atoms with Crippen LogP contribution in [0.5, 0.6) is 0 Å². The highest BCUT2D eigenvalue weighted by Gasteiger charge is 2.20. The van der Waals surface area contributed by atoms with Crippen molar-refractivity contribution in [2.75, 3.05) is 0 Å². The molecule has 0 spiro atoms. The van der Waals surface area contributed by atoms with Crippen LogP contribution in [0.1, 0.15) is 27.2 Å². The maximum Gasteiger partial charge on any atom is 0.195 e. The molecule has 0 unspecified atom stereocenters. The molecule has 0 aliphatic carbocycles. The lowest BCUT2D eigenvalue weighted by Crippen LogP contribution is -2.02. The van der Waals surface area contributed by atoms with Gasteiger partial charge in [-0.15, -0.1) is 0 Å². The van der Waals surface area contributed by atoms with Crippen molar-refractivity contribution in [3.8, 4) is 11.1 Å². The van der Waals surface area contributed by atoms with Gasteiger partial charge in [-0.05, 0) is 13.0 Å². The molecule has 0 saturated heterocycles. The topological polar surface area (TPSA) is 55.6 Å². The first-order valence-corrected chi connectivity index (χ1v) is 9.93. The number of aromatic nitrogens is 4. The summed E-state index contributed by atoms with van der Waals surface area (Å²) in [6, 6.07) is 16.0. The third kappa shape index (κ3) is 3.14. The highest BCUT2D eigenvalue weighted by atomic mass is 16.1. The third-order valence-corrected chi connectivity index (χ3v) is 5.53. The number of carbonyl (C=O) groups excluding carboxylic acids is 1. The van der Waals surface area contributed by atoms with E-state index >= 15 is 0 Å². The molecule has 2 aromatic carbocycles. The second-order valence-corrected chi connectivity index (χ2v) is 7.70. The van der Waals surface area contributed by atoms with Gasteiger partial charge in [0.25, 0.3) is 0 Å². The summed E-state index contributed by atoms with van der Waals surface area (Å²) in [4.78, 5) is 20.7. The standard InChI is InChI=1S/C25H22N4O/c1-17-7-9-18(10-8-17)25(30)23-15-29(12-19-11-26-16-27-19)14-22(23)21-13-28(2)24-6-4-3-5-20(21)24/h3-11,13-16H,12H2,1-2H3,(H,26,27). The van der Waals surface area contributed by atoms with E-state index in [1.165, 1.54) is 0 Å². The predicted octanol–water partition coefficient (Wildman–Crippen LogP) is 4.96. The fraction of sp³-hybridized carbons (Fsp3) is 0.120. The maximum absolute atomic E-state index is 13.5. The molecule has 5 heteroatoms. The Kier molecular flexibility index (Phi) is 4.36. The van der Waals surface area contributed by atoms with Gasteiger partial charge in [0.15, 0.2) is 5.78 Å². The summed E-state index contributed by atoms with van der Waals surface area (Å²) in [5.74, 6) is 0.0290. The quantitative estimate of drug-likeness (QED) is 0.429. The molecule has 3 heterocycles. The molecule has 1 N–H and O–H groups in total. The third-order valence-electron chi connectivity index (χ3n) is 5.53. The number of ketones is 1. The lowest BCUT2D eigenvalue weighted by Gasteiger charge is -2.04. The normalized spacial score (nSPS) is 11.3. The summed E-state index contributed by atoms with van der Waals surface area (Å²) >= 11 is 0. The van der Waals surface area contributed by atoms with Gasteiger partial charge in [0, 0.05) is 65.0 Å². The molecule has 5 rings (SSSR count). The minimum Gasteiger partial charge on any atom is -0.350 e. The minimum absolute atomic E-state index is 0.0290. The summed E-state index contributed by atoms with van der Waals surface area (Å²) in [6.07, 6.45) is 9.58. The molecule has 0 bridgehead atoms. The van der Waals surface area contributed by atoms with Crippen LogP contribution in [-0.4, -0.2) is 24.9 Å². The van der Waals surface area contributed by atoms with Crippen molar-refractivity contribution in [3.05, 3.63) is 102 Å². The largest absolute Gasteiger partial charge is 0.350 e. The first kappa shape index (κ1) is 18.2. The van der Waals surface area contributed by atoms with Gasteiger partial charge in [0.1, 0.15) is 0 Å². The first-order valence-electron chi connectivity index (χ1n) is 9.93. The summed E-state index contributed by atoms with van der Waals surface area (Å²) in [5.41, 5.74) is 6.67. The van der Waals surface area contributed by atoms with E-state index in [1.807, 2.05) is 61.1 Å². The molecule has 0 fully saturated rings. The minimum atomic E-state index is 0.0290. The SMILES string of the molecule is Cc1ccc(C(=O)c2cn(Cc3cnc[nH]3)cc2-c2cn(C)c3ccccc23)cc1. The van der Waals surface area contributed by atoms with Crippen molar-refractivity contribution in [2.24, 2.45) is 7.05 Å². The number of aryl methyl sites for hydroxylation is 2. The van der Waals surface area contributed by atoms with Gasteiger partial charge < -0.3 is 14.1 Å². The number of rotatable bonds is 5. The maximum atomic E-state index is 13.5. The van der Waals surface area contributed by atoms with Crippen LogP contribution in [0.2, 0.25) is 0 Å². The van der Waals surface area contributed by atoms with E-state index in [0.717, 1.165) is 33.3 Å². The van der Waals surface area contributed by atoms with Gasteiger partial charge >= 0.3 is 0 Å². The first-order chi connectivity index (χ1) is 14.6. The van der Waals surface area contributed by atoms with E-state index in [4.69, 9.17) is 0 Å². The van der Waals surface area contributed by atoms with Crippen LogP contribution in [0.3, 0.4) is 0 Å². The van der Waals surface area contributed by atoms with Gasteiger partial charge in [0.05, 0.1) is 18.6 Å². The summed E-state index contributed by atoms with van der Waals surface area (Å²) in [5, 5.41) is 1.14. The van der Waals surface area contributed by atoms with E-state index < -0.39 is 0 Å². The number of H-pyrrole nitrogens is 1. The number of aromatic amines is 1. The number of fused-ring (bicyclic) bond motifs is 1. The van der Waals surface area contributed by atoms with Crippen LogP contribution in [0.15, 0.2) is 79.6 Å². The van der Waals surface area contributed by atoms with E-state index in [2.05, 4.69) is 39.1 Å². The van der Waals surface area contributed by atoms with Crippen LogP contribution in [-0.2, 0) is 13.6 Å². The number of hydrogen-bond acceptors (Lipinski definition) is 2. The van der Waals surface area contributed by atoms with Crippen molar-refractivity contribution >= 4 is 16.7 Å². The lowest BCUT2D eigenvalue weighted by atomic mass is 9.97. The molecule has 0 radical (unpaired) electrons. The van der Waals surface area contributed by atoms with Crippen LogP contribution in [0.25, 0.3) is 22.0 Å². The molecule has 3 aromatic heterocycles. The van der Waals surface area contributed by atoms with Crippen molar-refractivity contribution in [2.45, 2.75) is 13.5 Å². The van der Waals surface area contributed by atoms with Crippen molar-refractivity contribution in [1.82, 2.24) is 19.1 Å². The van der Waals surface area contributed by atoms with Crippen LogP contribution >= 0.6 is 0 Å². The number of imidazole rings is 1. The van der Waals surface area contributed by atoms with Crippen LogP contribution in [0, 0.1) is 6.92 Å². The van der Waals surface area contributed by atoms with Gasteiger partial charge in [-0.1, -0.05) is 48.0 Å². The average molecular weight is 394 g/mol. The Labute approximate surface area is 174 Å². The Bertz CT molecular complexity index is 1340. The van der Waals surface area contributed by atoms with Crippen molar-refractivity contribution in [3.63, 3.8) is 0 Å². The van der Waals surface area contributed by atoms with Crippen LogP contribution in [0.4, 0.5) is 0 Å². The molecule has 148 valence electrons. The number of nitrogens with zero attached hydrogens (tertiary/aromatic N) is 3. The highest BCUT2D eigenvalue weighted by Crippen LogP contribution is 2.34. The number of carbonyl (C=O) groups is 1. The van der Waals surface area contributed by atoms with Gasteiger partial charge in [-0.2, -0.15) is 0 Å². The number of hydrogen-bond donors (Lipinski definition) is 1. The summed E-state index contributed by atoms with van der Waals surface area (Å²) < 4.78 is 4.16. The molecule has 0 amide bonds. The van der Waals surface area contributed by atoms with Gasteiger partial charge in [-0.25, -0.2) is 4.98 Å². The number of nitrogens with one attached hydrogen (secondary N) is 1. The molecule has 0 saturated carbocycles. The second kappa shape index (κ2) is 7.19. The summed E-state index contributed by atoms with van der Waals surface area (Å²) in [7, 11) is 2.04. The predicted molar refractivity (Wildman–Crippen MR) is 119 cm³/mol. The van der Waals surface area contributed by atoms with E-state index in [-0.39, 0.29) is 5.78 Å². The molecular weight excluding hydrogens is 372 g/mol. The molecule has 5 nitrogen and oxygen atoms in total. The fourth-order valence-corrected chi connectivity index (χ4v) is 3.98. The van der Waals surface area contributed by atoms with E-state index in [1.54, 1.807) is 12.5 Å². The average Bonchev–Trinajstić information content (AvgIpc) is 3.48. The Morgan fingerprint density at radius 1 is 1.00 bits per heavy atom. The monoisotopic (exact) mass is 394 g/mol. The Hall–Kier alpha value is -3.86. The zero-order valence-electron chi connectivity index (χ0n) is 17.0. The lowest BCUT2D eigenvalue weighted by molar-refractivity contribution is 0.103. The van der Waals surface area contributed by atoms with Gasteiger partial charge in [0.2, 0.25) is 0 Å². The van der Waals surface area contributed by atoms with Crippen LogP contribution < -0.4 is 0 Å². The Balaban J connectivity index is 1.67. The summed E-state index contributed by atoms with van der Waals surface area (Å²) in [6.45, 7) is 2.65. The fourth-order valence-electron chi connectivity index (χ4n) is 3.98. The molecule has 0 aliphatic rings. The second-order valence-electron chi connectivity index (χ2n) is 7.70. The molecule has 0 aliphatic heterocycles. The van der Waals surface area contributed by atoms with E-state index in [0.29, 0.717) is 17.7 Å². The zero-order chi connectivity index (χ0) is 20.7. The van der Waals surface area contributed by atoms with E-state index in [9.17, 15) is 4.79 Å². The Morgan fingerprint density at radius 2 is 1.80 bits per heavy atom. The van der Waals surface area contributed by atoms with Crippen molar-refractivity contribution < 1.29 is 4.79 Å².